The van der Waals surface area contributed by atoms with Crippen molar-refractivity contribution in [3.8, 4) is 0 Å². The first-order chi connectivity index (χ1) is 11.9. The summed E-state index contributed by atoms with van der Waals surface area (Å²) < 4.78 is 13.2. The number of carbonyl (C=O) groups excluding carboxylic acids is 1. The molecule has 1 aromatic heterocycles. The normalized spacial score (nSPS) is 21.1. The van der Waals surface area contributed by atoms with E-state index < -0.39 is 5.41 Å². The van der Waals surface area contributed by atoms with E-state index in [-0.39, 0.29) is 17.1 Å². The summed E-state index contributed by atoms with van der Waals surface area (Å²) in [6, 6.07) is 6.33. The number of rotatable bonds is 7. The molecular weight excluding hydrogens is 337 g/mol. The van der Waals surface area contributed by atoms with Gasteiger partial charge in [-0.2, -0.15) is 11.8 Å². The van der Waals surface area contributed by atoms with E-state index in [0.29, 0.717) is 6.54 Å². The highest BCUT2D eigenvalue weighted by molar-refractivity contribution is 7.98. The molecule has 1 fully saturated rings. The number of H-pyrrole nitrogens is 1. The van der Waals surface area contributed by atoms with Crippen LogP contribution in [-0.4, -0.2) is 28.2 Å². The maximum Gasteiger partial charge on any atom is 0.231 e. The second-order valence-electron chi connectivity index (χ2n) is 7.26. The third kappa shape index (κ3) is 3.45. The lowest BCUT2D eigenvalue weighted by atomic mass is 9.87. The second-order valence-corrected chi connectivity index (χ2v) is 8.36. The van der Waals surface area contributed by atoms with Crippen LogP contribution < -0.4 is 5.32 Å². The summed E-state index contributed by atoms with van der Waals surface area (Å²) in [6.07, 6.45) is 2.49. The first-order valence-electron chi connectivity index (χ1n) is 8.48. The third-order valence-corrected chi connectivity index (χ3v) is 6.14. The number of nitrogens with zero attached hydrogens (tertiary/aromatic N) is 1. The molecule has 1 atom stereocenters. The summed E-state index contributed by atoms with van der Waals surface area (Å²) in [4.78, 5) is 20.2. The number of hydrogen-bond acceptors (Lipinski definition) is 3. The lowest BCUT2D eigenvalue weighted by Crippen LogP contribution is -2.38. The van der Waals surface area contributed by atoms with E-state index in [4.69, 9.17) is 0 Å². The second kappa shape index (κ2) is 6.83. The first-order valence-corrected chi connectivity index (χ1v) is 9.63. The summed E-state index contributed by atoms with van der Waals surface area (Å²) in [6.45, 7) is 6.80. The molecule has 1 aliphatic carbocycles. The fraction of sp³-hybridized carbons (Fsp3) is 0.474. The molecule has 1 aliphatic rings. The standard InChI is InChI=1S/C19H24FN3OS/c1-13-16(23-12-22-13)10-25-9-8-21-17(24)19(11-18(19,2)3)14-4-6-15(20)7-5-14/h4-7,12H,8-11H2,1-3H3,(H,21,24)(H,22,23). The van der Waals surface area contributed by atoms with Gasteiger partial charge in [0.25, 0.3) is 0 Å². The molecule has 0 aliphatic heterocycles. The molecule has 1 saturated carbocycles. The van der Waals surface area contributed by atoms with Crippen LogP contribution in [0.4, 0.5) is 4.39 Å². The van der Waals surface area contributed by atoms with Crippen molar-refractivity contribution in [2.45, 2.75) is 38.4 Å². The van der Waals surface area contributed by atoms with Crippen molar-refractivity contribution in [2.75, 3.05) is 12.3 Å². The van der Waals surface area contributed by atoms with Crippen LogP contribution in [0.1, 0.15) is 37.2 Å². The molecule has 1 aromatic carbocycles. The number of thioether (sulfide) groups is 1. The highest BCUT2D eigenvalue weighted by atomic mass is 32.2. The molecule has 134 valence electrons. The minimum Gasteiger partial charge on any atom is -0.354 e. The summed E-state index contributed by atoms with van der Waals surface area (Å²) >= 11 is 1.75. The van der Waals surface area contributed by atoms with Gasteiger partial charge in [0.1, 0.15) is 5.82 Å². The highest BCUT2D eigenvalue weighted by Crippen LogP contribution is 2.64. The number of aromatic amines is 1. The Morgan fingerprint density at radius 1 is 1.36 bits per heavy atom. The molecule has 1 amide bonds. The average molecular weight is 361 g/mol. The Morgan fingerprint density at radius 2 is 2.04 bits per heavy atom. The van der Waals surface area contributed by atoms with Gasteiger partial charge in [-0.3, -0.25) is 4.79 Å². The number of aromatic nitrogens is 2. The zero-order chi connectivity index (χ0) is 18.1. The van der Waals surface area contributed by atoms with Crippen LogP contribution in [0.3, 0.4) is 0 Å². The van der Waals surface area contributed by atoms with Crippen molar-refractivity contribution in [1.82, 2.24) is 15.3 Å². The van der Waals surface area contributed by atoms with Crippen LogP contribution in [0.2, 0.25) is 0 Å². The highest BCUT2D eigenvalue weighted by Gasteiger charge is 2.66. The van der Waals surface area contributed by atoms with Crippen LogP contribution >= 0.6 is 11.8 Å². The van der Waals surface area contributed by atoms with E-state index in [2.05, 4.69) is 29.1 Å². The Hall–Kier alpha value is -1.82. The van der Waals surface area contributed by atoms with Crippen molar-refractivity contribution in [2.24, 2.45) is 5.41 Å². The number of carbonyl (C=O) groups is 1. The van der Waals surface area contributed by atoms with Crippen LogP contribution in [0.5, 0.6) is 0 Å². The minimum absolute atomic E-state index is 0.0423. The van der Waals surface area contributed by atoms with E-state index in [1.165, 1.54) is 12.1 Å². The van der Waals surface area contributed by atoms with Gasteiger partial charge in [-0.15, -0.1) is 0 Å². The summed E-state index contributed by atoms with van der Waals surface area (Å²) in [5.41, 5.74) is 2.41. The molecule has 1 heterocycles. The van der Waals surface area contributed by atoms with Crippen molar-refractivity contribution in [1.29, 1.82) is 0 Å². The fourth-order valence-electron chi connectivity index (χ4n) is 3.45. The SMILES string of the molecule is Cc1[nH]cnc1CSCCNC(=O)C1(c2ccc(F)cc2)CC1(C)C. The third-order valence-electron chi connectivity index (χ3n) is 5.17. The van der Waals surface area contributed by atoms with Gasteiger partial charge in [0.05, 0.1) is 17.4 Å². The minimum atomic E-state index is -0.538. The molecule has 0 saturated heterocycles. The average Bonchev–Trinajstić information content (AvgIpc) is 2.93. The summed E-state index contributed by atoms with van der Waals surface area (Å²) in [7, 11) is 0. The molecule has 6 heteroatoms. The van der Waals surface area contributed by atoms with Crippen LogP contribution in [0.15, 0.2) is 30.6 Å². The van der Waals surface area contributed by atoms with E-state index in [0.717, 1.165) is 34.9 Å². The van der Waals surface area contributed by atoms with Gasteiger partial charge in [0, 0.05) is 23.7 Å². The molecule has 2 aromatic rings. The van der Waals surface area contributed by atoms with E-state index in [1.807, 2.05) is 6.92 Å². The number of amides is 1. The van der Waals surface area contributed by atoms with Crippen molar-refractivity contribution in [3.63, 3.8) is 0 Å². The van der Waals surface area contributed by atoms with Gasteiger partial charge in [-0.25, -0.2) is 9.37 Å². The summed E-state index contributed by atoms with van der Waals surface area (Å²) in [5.74, 6) is 1.43. The largest absolute Gasteiger partial charge is 0.354 e. The van der Waals surface area contributed by atoms with Gasteiger partial charge in [-0.05, 0) is 36.5 Å². The number of halogens is 1. The van der Waals surface area contributed by atoms with Crippen LogP contribution in [0, 0.1) is 18.2 Å². The molecular formula is C19H24FN3OS. The molecule has 2 N–H and O–H groups in total. The number of nitrogens with one attached hydrogen (secondary N) is 2. The Morgan fingerprint density at radius 3 is 2.60 bits per heavy atom. The molecule has 4 nitrogen and oxygen atoms in total. The topological polar surface area (TPSA) is 57.8 Å². The van der Waals surface area contributed by atoms with Crippen molar-refractivity contribution < 1.29 is 9.18 Å². The quantitative estimate of drug-likeness (QED) is 0.741. The van der Waals surface area contributed by atoms with Gasteiger partial charge < -0.3 is 10.3 Å². The number of aryl methyl sites for hydroxylation is 1. The van der Waals surface area contributed by atoms with Gasteiger partial charge in [0.15, 0.2) is 0 Å². The monoisotopic (exact) mass is 361 g/mol. The zero-order valence-electron chi connectivity index (χ0n) is 14.9. The lowest BCUT2D eigenvalue weighted by molar-refractivity contribution is -0.124. The van der Waals surface area contributed by atoms with Crippen molar-refractivity contribution in [3.05, 3.63) is 53.4 Å². The summed E-state index contributed by atoms with van der Waals surface area (Å²) in [5, 5.41) is 3.07. The molecule has 0 spiro atoms. The Labute approximate surface area is 152 Å². The number of imidazole rings is 1. The number of hydrogen-bond donors (Lipinski definition) is 2. The zero-order valence-corrected chi connectivity index (χ0v) is 15.7. The van der Waals surface area contributed by atoms with E-state index >= 15 is 0 Å². The maximum absolute atomic E-state index is 13.2. The van der Waals surface area contributed by atoms with Gasteiger partial charge in [0.2, 0.25) is 5.91 Å². The maximum atomic E-state index is 13.2. The van der Waals surface area contributed by atoms with Crippen molar-refractivity contribution >= 4 is 17.7 Å². The number of benzene rings is 1. The van der Waals surface area contributed by atoms with Crippen LogP contribution in [-0.2, 0) is 16.0 Å². The van der Waals surface area contributed by atoms with E-state index in [1.54, 1.807) is 30.2 Å². The van der Waals surface area contributed by atoms with E-state index in [9.17, 15) is 9.18 Å². The van der Waals surface area contributed by atoms with Gasteiger partial charge >= 0.3 is 0 Å². The molecule has 0 radical (unpaired) electrons. The predicted molar refractivity (Wildman–Crippen MR) is 99.0 cm³/mol. The predicted octanol–water partition coefficient (Wildman–Crippen LogP) is 3.57. The molecule has 0 bridgehead atoms. The molecule has 25 heavy (non-hydrogen) atoms. The molecule has 3 rings (SSSR count). The Kier molecular flexibility index (Phi) is 4.91. The molecule has 1 unspecified atom stereocenters. The lowest BCUT2D eigenvalue weighted by Gasteiger charge is -2.20. The Balaban J connectivity index is 1.54. The van der Waals surface area contributed by atoms with Gasteiger partial charge in [-0.1, -0.05) is 26.0 Å². The fourth-order valence-corrected chi connectivity index (χ4v) is 4.33. The first kappa shape index (κ1) is 18.0. The smallest absolute Gasteiger partial charge is 0.231 e. The van der Waals surface area contributed by atoms with Crippen LogP contribution in [0.25, 0.3) is 0 Å². The Bertz CT molecular complexity index is 756.